The van der Waals surface area contributed by atoms with Crippen molar-refractivity contribution >= 4 is 5.78 Å². The van der Waals surface area contributed by atoms with Crippen molar-refractivity contribution in [2.45, 2.75) is 20.4 Å². The molecule has 0 aliphatic rings. The topological polar surface area (TPSA) is 80.8 Å². The summed E-state index contributed by atoms with van der Waals surface area (Å²) in [7, 11) is 0. The average Bonchev–Trinajstić information content (AvgIpc) is 2.88. The molecule has 6 heteroatoms. The second kappa shape index (κ2) is 5.97. The molecular weight excluding hydrogens is 256 g/mol. The molecule has 0 bridgehead atoms. The molecule has 1 aromatic heterocycles. The van der Waals surface area contributed by atoms with E-state index < -0.39 is 0 Å². The van der Waals surface area contributed by atoms with Crippen LogP contribution >= 0.6 is 0 Å². The third-order valence-electron chi connectivity index (χ3n) is 2.74. The number of hydrogen-bond acceptors (Lipinski definition) is 5. The number of ketones is 1. The van der Waals surface area contributed by atoms with E-state index in [-0.39, 0.29) is 11.6 Å². The summed E-state index contributed by atoms with van der Waals surface area (Å²) in [6.45, 7) is 4.34. The van der Waals surface area contributed by atoms with Crippen LogP contribution in [0.3, 0.4) is 0 Å². The Bertz CT molecular complexity index is 670. The van der Waals surface area contributed by atoms with Crippen LogP contribution in [0, 0.1) is 11.3 Å². The summed E-state index contributed by atoms with van der Waals surface area (Å²) in [6.07, 6.45) is 1.48. The van der Waals surface area contributed by atoms with Crippen LogP contribution in [0.4, 0.5) is 0 Å². The Morgan fingerprint density at radius 1 is 1.50 bits per heavy atom. The van der Waals surface area contributed by atoms with E-state index in [9.17, 15) is 4.79 Å². The van der Waals surface area contributed by atoms with Gasteiger partial charge in [-0.15, -0.1) is 5.10 Å². The first-order valence-electron chi connectivity index (χ1n) is 6.20. The Morgan fingerprint density at radius 3 is 2.90 bits per heavy atom. The van der Waals surface area contributed by atoms with Crippen molar-refractivity contribution in [2.24, 2.45) is 0 Å². The Labute approximate surface area is 116 Å². The molecule has 0 atom stereocenters. The summed E-state index contributed by atoms with van der Waals surface area (Å²) >= 11 is 0. The lowest BCUT2D eigenvalue weighted by Gasteiger charge is -2.11. The van der Waals surface area contributed by atoms with Gasteiger partial charge in [-0.05, 0) is 32.0 Å². The van der Waals surface area contributed by atoms with Crippen molar-refractivity contribution in [3.8, 4) is 11.8 Å². The molecule has 2 rings (SSSR count). The number of nitrogens with zero attached hydrogens (tertiary/aromatic N) is 4. The Balaban J connectivity index is 2.34. The van der Waals surface area contributed by atoms with Crippen LogP contribution < -0.4 is 4.74 Å². The van der Waals surface area contributed by atoms with Gasteiger partial charge in [0.15, 0.2) is 5.78 Å². The van der Waals surface area contributed by atoms with Gasteiger partial charge in [0.05, 0.1) is 13.2 Å². The maximum atomic E-state index is 11.5. The number of rotatable bonds is 5. The number of benzene rings is 1. The summed E-state index contributed by atoms with van der Waals surface area (Å²) in [5.41, 5.74) is 1.44. The van der Waals surface area contributed by atoms with Gasteiger partial charge in [-0.1, -0.05) is 0 Å². The molecular formula is C14H14N4O2. The predicted molar refractivity (Wildman–Crippen MR) is 71.5 cm³/mol. The number of ether oxygens (including phenoxy) is 1. The van der Waals surface area contributed by atoms with E-state index in [2.05, 4.69) is 10.1 Å². The van der Waals surface area contributed by atoms with Crippen LogP contribution in [0.2, 0.25) is 0 Å². The molecule has 6 nitrogen and oxygen atoms in total. The molecule has 0 spiro atoms. The summed E-state index contributed by atoms with van der Waals surface area (Å²) in [5, 5.41) is 12.7. The predicted octanol–water partition coefficient (Wildman–Crippen LogP) is 1.80. The normalized spacial score (nSPS) is 10.1. The number of carbonyl (C=O) groups is 1. The fourth-order valence-electron chi connectivity index (χ4n) is 1.81. The molecule has 0 radical (unpaired) electrons. The summed E-state index contributed by atoms with van der Waals surface area (Å²) < 4.78 is 7.08. The van der Waals surface area contributed by atoms with Gasteiger partial charge in [-0.25, -0.2) is 9.67 Å². The van der Waals surface area contributed by atoms with Gasteiger partial charge in [0.2, 0.25) is 0 Å². The van der Waals surface area contributed by atoms with Gasteiger partial charge in [0.25, 0.3) is 5.82 Å². The lowest BCUT2D eigenvalue weighted by molar-refractivity contribution is 0.101. The van der Waals surface area contributed by atoms with Crippen LogP contribution in [0.25, 0.3) is 0 Å². The third kappa shape index (κ3) is 3.01. The summed E-state index contributed by atoms with van der Waals surface area (Å²) in [6, 6.07) is 7.16. The molecule has 102 valence electrons. The molecule has 1 aromatic carbocycles. The maximum Gasteiger partial charge on any atom is 0.252 e. The van der Waals surface area contributed by atoms with Gasteiger partial charge in [0.1, 0.15) is 18.1 Å². The quantitative estimate of drug-likeness (QED) is 0.774. The summed E-state index contributed by atoms with van der Waals surface area (Å²) in [4.78, 5) is 15.3. The van der Waals surface area contributed by atoms with E-state index in [1.54, 1.807) is 22.9 Å². The molecule has 0 fully saturated rings. The van der Waals surface area contributed by atoms with E-state index >= 15 is 0 Å². The Kier molecular flexibility index (Phi) is 4.11. The van der Waals surface area contributed by atoms with Crippen molar-refractivity contribution in [1.29, 1.82) is 5.26 Å². The highest BCUT2D eigenvalue weighted by molar-refractivity contribution is 5.94. The molecule has 2 aromatic rings. The lowest BCUT2D eigenvalue weighted by atomic mass is 10.1. The van der Waals surface area contributed by atoms with Gasteiger partial charge in [-0.3, -0.25) is 4.79 Å². The van der Waals surface area contributed by atoms with Crippen molar-refractivity contribution in [2.75, 3.05) is 6.61 Å². The molecule has 0 N–H and O–H groups in total. The number of aromatic nitrogens is 3. The molecule has 0 amide bonds. The van der Waals surface area contributed by atoms with Gasteiger partial charge >= 0.3 is 0 Å². The van der Waals surface area contributed by atoms with Crippen LogP contribution in [-0.4, -0.2) is 27.2 Å². The zero-order chi connectivity index (χ0) is 14.5. The van der Waals surface area contributed by atoms with Crippen LogP contribution in [-0.2, 0) is 6.54 Å². The van der Waals surface area contributed by atoms with Gasteiger partial charge in [0, 0.05) is 11.1 Å². The fraction of sp³-hybridized carbons (Fsp3) is 0.286. The van der Waals surface area contributed by atoms with E-state index in [1.165, 1.54) is 13.3 Å². The minimum atomic E-state index is -0.00870. The smallest absolute Gasteiger partial charge is 0.252 e. The Hall–Kier alpha value is -2.68. The monoisotopic (exact) mass is 270 g/mol. The molecule has 0 aliphatic carbocycles. The second-order valence-electron chi connectivity index (χ2n) is 4.19. The highest BCUT2D eigenvalue weighted by Gasteiger charge is 2.09. The number of nitriles is 1. The number of hydrogen-bond donors (Lipinski definition) is 0. The standard InChI is InChI=1S/C14H14N4O2/c1-3-20-13-5-4-11(10(2)19)6-12(13)8-18-9-16-14(7-15)17-18/h4-6,9H,3,8H2,1-2H3. The van der Waals surface area contributed by atoms with E-state index in [4.69, 9.17) is 10.00 Å². The molecule has 0 saturated heterocycles. The highest BCUT2D eigenvalue weighted by atomic mass is 16.5. The van der Waals surface area contributed by atoms with Crippen LogP contribution in [0.1, 0.15) is 35.6 Å². The third-order valence-corrected chi connectivity index (χ3v) is 2.74. The van der Waals surface area contributed by atoms with Gasteiger partial charge in [-0.2, -0.15) is 5.26 Å². The first kappa shape index (κ1) is 13.7. The fourth-order valence-corrected chi connectivity index (χ4v) is 1.81. The minimum Gasteiger partial charge on any atom is -0.494 e. The molecule has 0 aliphatic heterocycles. The van der Waals surface area contributed by atoms with Gasteiger partial charge < -0.3 is 4.74 Å². The van der Waals surface area contributed by atoms with Crippen molar-refractivity contribution < 1.29 is 9.53 Å². The van der Waals surface area contributed by atoms with Crippen molar-refractivity contribution in [1.82, 2.24) is 14.8 Å². The molecule has 20 heavy (non-hydrogen) atoms. The minimum absolute atomic E-state index is 0.00870. The van der Waals surface area contributed by atoms with Crippen molar-refractivity contribution in [3.05, 3.63) is 41.5 Å². The first-order valence-corrected chi connectivity index (χ1v) is 6.20. The van der Waals surface area contributed by atoms with E-state index in [0.717, 1.165) is 5.56 Å². The van der Waals surface area contributed by atoms with Crippen LogP contribution in [0.15, 0.2) is 24.5 Å². The average molecular weight is 270 g/mol. The second-order valence-corrected chi connectivity index (χ2v) is 4.19. The highest BCUT2D eigenvalue weighted by Crippen LogP contribution is 2.21. The molecule has 0 unspecified atom stereocenters. The first-order chi connectivity index (χ1) is 9.63. The Morgan fingerprint density at radius 2 is 2.30 bits per heavy atom. The van der Waals surface area contributed by atoms with Crippen molar-refractivity contribution in [3.63, 3.8) is 0 Å². The SMILES string of the molecule is CCOc1ccc(C(C)=O)cc1Cn1cnc(C#N)n1. The summed E-state index contributed by atoms with van der Waals surface area (Å²) in [5.74, 6) is 0.808. The van der Waals surface area contributed by atoms with E-state index in [0.29, 0.717) is 24.5 Å². The van der Waals surface area contributed by atoms with E-state index in [1.807, 2.05) is 13.0 Å². The zero-order valence-corrected chi connectivity index (χ0v) is 11.3. The molecule has 0 saturated carbocycles. The number of Topliss-reactive ketones (excluding diaryl/α,β-unsaturated/α-hetero) is 1. The van der Waals surface area contributed by atoms with Crippen LogP contribution in [0.5, 0.6) is 5.75 Å². The zero-order valence-electron chi connectivity index (χ0n) is 11.3. The lowest BCUT2D eigenvalue weighted by Crippen LogP contribution is -2.06. The number of carbonyl (C=O) groups excluding carboxylic acids is 1. The largest absolute Gasteiger partial charge is 0.494 e. The molecule has 1 heterocycles. The maximum absolute atomic E-state index is 11.5.